The number of fused-ring (bicyclic) bond motifs is 4. The molecular formula is C44H28N4Si. The van der Waals surface area contributed by atoms with Gasteiger partial charge >= 0.3 is 8.72 Å². The zero-order chi connectivity index (χ0) is 31.8. The van der Waals surface area contributed by atoms with E-state index in [2.05, 4.69) is 187 Å². The third-order valence-electron chi connectivity index (χ3n) is 11.1. The summed E-state index contributed by atoms with van der Waals surface area (Å²) in [6.07, 6.45) is 9.87. The van der Waals surface area contributed by atoms with Crippen molar-refractivity contribution in [1.29, 1.82) is 0 Å². The average molecular weight is 641 g/mol. The number of aromatic nitrogens is 4. The summed E-state index contributed by atoms with van der Waals surface area (Å²) in [7, 11) is -3.06. The first-order valence-electron chi connectivity index (χ1n) is 16.9. The lowest BCUT2D eigenvalue weighted by Gasteiger charge is -2.30. The van der Waals surface area contributed by atoms with Gasteiger partial charge in [0.15, 0.2) is 0 Å². The van der Waals surface area contributed by atoms with E-state index in [-0.39, 0.29) is 0 Å². The van der Waals surface area contributed by atoms with Crippen molar-refractivity contribution in [3.63, 3.8) is 0 Å². The third kappa shape index (κ3) is 3.01. The summed E-state index contributed by atoms with van der Waals surface area (Å²) in [5.74, 6) is 0. The molecule has 0 saturated carbocycles. The van der Waals surface area contributed by atoms with Crippen LogP contribution in [-0.4, -0.2) is 25.7 Å². The lowest BCUT2D eigenvalue weighted by Crippen LogP contribution is -2.59. The Morgan fingerprint density at radius 1 is 0.265 bits per heavy atom. The van der Waals surface area contributed by atoms with Crippen LogP contribution in [0.3, 0.4) is 0 Å². The van der Waals surface area contributed by atoms with Crippen molar-refractivity contribution in [3.05, 3.63) is 170 Å². The van der Waals surface area contributed by atoms with Gasteiger partial charge in [0.05, 0.1) is 22.1 Å². The van der Waals surface area contributed by atoms with Crippen LogP contribution >= 0.6 is 0 Å². The number of benzene rings is 6. The molecule has 0 aliphatic carbocycles. The fraction of sp³-hybridized carbons (Fsp3) is 0. The topological polar surface area (TPSA) is 19.7 Å². The lowest BCUT2D eigenvalue weighted by atomic mass is 10.0. The normalized spacial score (nSPS) is 13.9. The zero-order valence-electron chi connectivity index (χ0n) is 26.5. The Hall–Kier alpha value is -6.30. The minimum absolute atomic E-state index is 1.25. The monoisotopic (exact) mass is 640 g/mol. The van der Waals surface area contributed by atoms with E-state index in [1.165, 1.54) is 88.1 Å². The van der Waals surface area contributed by atoms with Crippen molar-refractivity contribution in [2.75, 3.05) is 0 Å². The van der Waals surface area contributed by atoms with Crippen molar-refractivity contribution in [2.45, 2.75) is 0 Å². The van der Waals surface area contributed by atoms with Gasteiger partial charge in [0.2, 0.25) is 0 Å². The van der Waals surface area contributed by atoms with Crippen LogP contribution in [0.4, 0.5) is 0 Å². The largest absolute Gasteiger partial charge is 0.520 e. The SMILES string of the molecule is c1ccc(-c2cn3c4c2ccc2c(-c5ccccc5)cn(c24)[Si]32n3cc(-c4ccccc4)c4ccc5c(-c6ccccc6)cn2c5c43)cc1. The lowest BCUT2D eigenvalue weighted by molar-refractivity contribution is 0.913. The summed E-state index contributed by atoms with van der Waals surface area (Å²) in [6, 6.07) is 53.1. The highest BCUT2D eigenvalue weighted by Gasteiger charge is 2.57. The Bertz CT molecular complexity index is 2550. The molecule has 4 aromatic heterocycles. The summed E-state index contributed by atoms with van der Waals surface area (Å²) >= 11 is 0. The number of hydrogen-bond donors (Lipinski definition) is 0. The molecule has 6 heterocycles. The predicted molar refractivity (Wildman–Crippen MR) is 204 cm³/mol. The fourth-order valence-corrected chi connectivity index (χ4v) is 13.8. The van der Waals surface area contributed by atoms with E-state index in [0.717, 1.165) is 0 Å². The van der Waals surface area contributed by atoms with Crippen molar-refractivity contribution >= 4 is 52.3 Å². The van der Waals surface area contributed by atoms with Crippen LogP contribution in [0.2, 0.25) is 0 Å². The standard InChI is InChI=1S/C44H28N4Si/c1-5-13-29(14-6-1)37-25-45-41-33(37)21-22-34-38(30-15-7-2-8-16-30)26-46(42(34)41)49(45)47-27-39(31-17-9-3-10-18-31)35-23-24-36-40(32-19-11-4-12-20-32)28-48(49)44(36)43(35)47/h1-28H. The molecule has 0 atom stereocenters. The van der Waals surface area contributed by atoms with Gasteiger partial charge in [-0.3, -0.25) is 0 Å². The van der Waals surface area contributed by atoms with Crippen LogP contribution in [0.15, 0.2) is 170 Å². The first kappa shape index (κ1) is 25.7. The van der Waals surface area contributed by atoms with E-state index in [9.17, 15) is 0 Å². The molecule has 228 valence electrons. The molecule has 10 aromatic rings. The molecule has 2 aliphatic rings. The van der Waals surface area contributed by atoms with Gasteiger partial charge in [-0.15, -0.1) is 0 Å². The first-order valence-corrected chi connectivity index (χ1v) is 18.7. The van der Waals surface area contributed by atoms with Crippen LogP contribution in [0.1, 0.15) is 0 Å². The molecule has 4 nitrogen and oxygen atoms in total. The van der Waals surface area contributed by atoms with E-state index in [1.54, 1.807) is 0 Å². The van der Waals surface area contributed by atoms with Gasteiger partial charge in [0, 0.05) is 68.6 Å². The number of nitrogens with zero attached hydrogens (tertiary/aromatic N) is 4. The smallest absolute Gasteiger partial charge is 0.319 e. The van der Waals surface area contributed by atoms with Gasteiger partial charge in [-0.1, -0.05) is 146 Å². The zero-order valence-corrected chi connectivity index (χ0v) is 27.5. The van der Waals surface area contributed by atoms with Gasteiger partial charge in [-0.25, -0.2) is 0 Å². The molecule has 0 bridgehead atoms. The molecule has 0 fully saturated rings. The van der Waals surface area contributed by atoms with Crippen molar-refractivity contribution in [2.24, 2.45) is 0 Å². The molecule has 0 saturated heterocycles. The Morgan fingerprint density at radius 2 is 0.490 bits per heavy atom. The van der Waals surface area contributed by atoms with Gasteiger partial charge in [0.1, 0.15) is 0 Å². The molecule has 0 radical (unpaired) electrons. The molecule has 1 spiro atoms. The summed E-state index contributed by atoms with van der Waals surface area (Å²) in [5.41, 5.74) is 15.4. The average Bonchev–Trinajstić information content (AvgIpc) is 4.00. The molecule has 0 unspecified atom stereocenters. The Balaban J connectivity index is 1.28. The highest BCUT2D eigenvalue weighted by Crippen LogP contribution is 2.52. The Kier molecular flexibility index (Phi) is 4.72. The van der Waals surface area contributed by atoms with E-state index in [1.807, 2.05) is 0 Å². The van der Waals surface area contributed by atoms with Crippen molar-refractivity contribution in [3.8, 4) is 44.5 Å². The third-order valence-corrected chi connectivity index (χ3v) is 15.1. The molecule has 2 aliphatic heterocycles. The van der Waals surface area contributed by atoms with E-state index in [0.29, 0.717) is 0 Å². The first-order chi connectivity index (χ1) is 24.3. The summed E-state index contributed by atoms with van der Waals surface area (Å²) in [4.78, 5) is 0. The van der Waals surface area contributed by atoms with Crippen LogP contribution in [0.5, 0.6) is 0 Å². The second-order valence-electron chi connectivity index (χ2n) is 13.4. The maximum absolute atomic E-state index is 3.06. The van der Waals surface area contributed by atoms with Gasteiger partial charge in [-0.05, 0) is 22.3 Å². The summed E-state index contributed by atoms with van der Waals surface area (Å²) in [5, 5.41) is 5.21. The molecule has 6 aromatic carbocycles. The highest BCUT2D eigenvalue weighted by molar-refractivity contribution is 6.81. The van der Waals surface area contributed by atoms with Crippen LogP contribution in [0, 0.1) is 0 Å². The van der Waals surface area contributed by atoms with Gasteiger partial charge in [-0.2, -0.15) is 0 Å². The minimum Gasteiger partial charge on any atom is -0.319 e. The minimum atomic E-state index is -3.06. The Morgan fingerprint density at radius 3 is 0.714 bits per heavy atom. The van der Waals surface area contributed by atoms with Crippen LogP contribution in [-0.2, 0) is 0 Å². The summed E-state index contributed by atoms with van der Waals surface area (Å²) in [6.45, 7) is 0. The van der Waals surface area contributed by atoms with Crippen LogP contribution in [0.25, 0.3) is 88.1 Å². The van der Waals surface area contributed by atoms with Gasteiger partial charge < -0.3 is 16.9 Å². The molecule has 0 amide bonds. The molecule has 0 N–H and O–H groups in total. The molecule has 5 heteroatoms. The highest BCUT2D eigenvalue weighted by atomic mass is 28.4. The number of rotatable bonds is 4. The van der Waals surface area contributed by atoms with Crippen molar-refractivity contribution < 1.29 is 0 Å². The van der Waals surface area contributed by atoms with E-state index < -0.39 is 8.72 Å². The number of hydrogen-bond acceptors (Lipinski definition) is 0. The molecule has 12 rings (SSSR count). The second kappa shape index (κ2) is 8.98. The Labute approximate surface area is 283 Å². The maximum Gasteiger partial charge on any atom is 0.520 e. The van der Waals surface area contributed by atoms with E-state index >= 15 is 0 Å². The van der Waals surface area contributed by atoms with Crippen LogP contribution < -0.4 is 0 Å². The molecule has 49 heavy (non-hydrogen) atoms. The summed E-state index contributed by atoms with van der Waals surface area (Å²) < 4.78 is 10.8. The van der Waals surface area contributed by atoms with E-state index in [4.69, 9.17) is 0 Å². The fourth-order valence-electron chi connectivity index (χ4n) is 9.09. The quantitative estimate of drug-likeness (QED) is 0.171. The second-order valence-corrected chi connectivity index (χ2v) is 16.6. The molecular weight excluding hydrogens is 613 g/mol. The predicted octanol–water partition coefficient (Wildman–Crippen LogP) is 10.7. The van der Waals surface area contributed by atoms with Crippen molar-refractivity contribution in [1.82, 2.24) is 16.9 Å². The maximum atomic E-state index is 2.70. The van der Waals surface area contributed by atoms with Gasteiger partial charge in [0.25, 0.3) is 0 Å².